The van der Waals surface area contributed by atoms with E-state index in [1.807, 2.05) is 52.2 Å². The zero-order valence-corrected chi connectivity index (χ0v) is 37.0. The van der Waals surface area contributed by atoms with Crippen LogP contribution in [0.2, 0.25) is 0 Å². The Balaban J connectivity index is 1.66. The van der Waals surface area contributed by atoms with Gasteiger partial charge in [0, 0.05) is 32.4 Å². The summed E-state index contributed by atoms with van der Waals surface area (Å²) in [4.78, 5) is 29.5. The van der Waals surface area contributed by atoms with Crippen LogP contribution in [0.5, 0.6) is 0 Å². The van der Waals surface area contributed by atoms with Crippen LogP contribution in [0.25, 0.3) is 0 Å². The lowest BCUT2D eigenvalue weighted by atomic mass is 9.82. The van der Waals surface area contributed by atoms with Crippen molar-refractivity contribution in [2.24, 2.45) is 11.8 Å². The molecule has 0 radical (unpaired) electrons. The Morgan fingerprint density at radius 2 is 1.56 bits per heavy atom. The maximum absolute atomic E-state index is 13.1. The van der Waals surface area contributed by atoms with Crippen LogP contribution in [0.3, 0.4) is 0 Å². The minimum absolute atomic E-state index is 0.00885. The van der Waals surface area contributed by atoms with Gasteiger partial charge in [-0.25, -0.2) is 0 Å². The molecule has 3 saturated heterocycles. The first kappa shape index (κ1) is 49.8. The molecule has 4 N–H and O–H groups in total. The van der Waals surface area contributed by atoms with Crippen molar-refractivity contribution in [3.8, 4) is 0 Å². The van der Waals surface area contributed by atoms with Crippen LogP contribution < -0.4 is 0 Å². The zero-order chi connectivity index (χ0) is 43.8. The van der Waals surface area contributed by atoms with Gasteiger partial charge in [0.2, 0.25) is 0 Å². The summed E-state index contributed by atoms with van der Waals surface area (Å²) in [6.07, 6.45) is -1.56. The lowest BCUT2D eigenvalue weighted by molar-refractivity contribution is -0.344. The third-order valence-corrected chi connectivity index (χ3v) is 12.4. The molecule has 16 heteroatoms. The number of rotatable bonds is 11. The molecular weight excluding hydrogens is 768 g/mol. The van der Waals surface area contributed by atoms with E-state index in [1.165, 1.54) is 14.0 Å². The van der Waals surface area contributed by atoms with E-state index in [4.69, 9.17) is 37.9 Å². The first-order valence-electron chi connectivity index (χ1n) is 21.3. The Kier molecular flexibility index (Phi) is 18.9. The van der Waals surface area contributed by atoms with Gasteiger partial charge in [0.1, 0.15) is 36.8 Å². The standard InChI is InChI=1S/C43H74N2O14/c1-24-21-29(19-20-46)39(59-42-37(49)36(45(9)10)38(27(4)56-42)58-35-23-43(6,51)41(50)28(5)55-35)40(52-11)31(47)22-33(48)53-25(2)15-13-12-14-16-32(24)57-34-18-17-30(44(7)8)26(3)54-34/h12-14,16,20,24-32,34-42,47,49-51H,15,17-19,21-23H2,1-11H3/b13-12-,16-14-/t24-,25+,26-,27-,28+,29+,30+,31-,32+,34+,35+,36-,37-,38-,39+,40+,41-,42+,43-/m1/s1. The molecule has 0 unspecified atom stereocenters. The molecule has 3 fully saturated rings. The van der Waals surface area contributed by atoms with E-state index in [-0.39, 0.29) is 30.9 Å². The summed E-state index contributed by atoms with van der Waals surface area (Å²) in [6, 6.07) is -0.466. The van der Waals surface area contributed by atoms with Crippen LogP contribution in [0.1, 0.15) is 86.5 Å². The minimum Gasteiger partial charge on any atom is -0.462 e. The molecule has 0 aliphatic carbocycles. The Bertz CT molecular complexity index is 1370. The number of esters is 1. The molecule has 0 aromatic carbocycles. The summed E-state index contributed by atoms with van der Waals surface area (Å²) >= 11 is 0. The van der Waals surface area contributed by atoms with E-state index in [1.54, 1.807) is 39.8 Å². The minimum atomic E-state index is -1.47. The average molecular weight is 843 g/mol. The number of carbonyl (C=O) groups is 2. The van der Waals surface area contributed by atoms with Crippen LogP contribution in [-0.2, 0) is 47.5 Å². The Labute approximate surface area is 351 Å². The van der Waals surface area contributed by atoms with E-state index in [0.29, 0.717) is 19.3 Å². The SMILES string of the molecule is CO[C@@H]1[C@@H](O[C@@H]2O[C@H](C)[C@@H](O[C@H]3C[C@@](C)(O)[C@H](O)[C@H](C)O3)[C@H](N(C)C)[C@H]2O)[C@@H](CC=O)C[C@@H](C)[C@@H](O[C@H]2CC[C@H](N(C)C)[C@@H](C)O2)/C=C\C=C/C[C@H](C)OC(=O)C[C@H]1O. The molecule has 0 spiro atoms. The molecule has 340 valence electrons. The van der Waals surface area contributed by atoms with Crippen molar-refractivity contribution < 1.29 is 67.9 Å². The fraction of sp³-hybridized carbons (Fsp3) is 0.860. The number of cyclic esters (lactones) is 1. The first-order valence-corrected chi connectivity index (χ1v) is 21.3. The third kappa shape index (κ3) is 13.3. The number of nitrogens with zero attached hydrogens (tertiary/aromatic N) is 2. The van der Waals surface area contributed by atoms with Gasteiger partial charge in [-0.15, -0.1) is 0 Å². The number of hydrogen-bond acceptors (Lipinski definition) is 16. The van der Waals surface area contributed by atoms with Crippen molar-refractivity contribution >= 4 is 12.3 Å². The quantitative estimate of drug-likeness (QED) is 0.175. The zero-order valence-electron chi connectivity index (χ0n) is 37.0. The summed E-state index contributed by atoms with van der Waals surface area (Å²) in [5.41, 5.74) is -1.47. The van der Waals surface area contributed by atoms with E-state index in [9.17, 15) is 30.0 Å². The van der Waals surface area contributed by atoms with E-state index in [2.05, 4.69) is 4.90 Å². The van der Waals surface area contributed by atoms with Gasteiger partial charge in [0.15, 0.2) is 18.9 Å². The predicted molar refractivity (Wildman–Crippen MR) is 217 cm³/mol. The van der Waals surface area contributed by atoms with Gasteiger partial charge in [-0.05, 0) is 93.9 Å². The molecule has 0 aromatic heterocycles. The monoisotopic (exact) mass is 843 g/mol. The number of allylic oxidation sites excluding steroid dienone is 2. The average Bonchev–Trinajstić information content (AvgIpc) is 3.13. The highest BCUT2D eigenvalue weighted by atomic mass is 16.7. The maximum atomic E-state index is 13.1. The number of aliphatic hydroxyl groups is 4. The molecule has 0 amide bonds. The number of aliphatic hydroxyl groups excluding tert-OH is 3. The molecule has 4 aliphatic heterocycles. The Hall–Kier alpha value is -1.90. The molecule has 0 saturated carbocycles. The molecule has 4 heterocycles. The van der Waals surface area contributed by atoms with Crippen LogP contribution in [-0.4, -0.2) is 181 Å². The Morgan fingerprint density at radius 1 is 0.864 bits per heavy atom. The number of methoxy groups -OCH3 is 1. The van der Waals surface area contributed by atoms with Gasteiger partial charge in [-0.3, -0.25) is 4.79 Å². The van der Waals surface area contributed by atoms with Gasteiger partial charge in [-0.1, -0.05) is 31.2 Å². The number of carbonyl (C=O) groups excluding carboxylic acids is 2. The topological polar surface area (TPSA) is 195 Å². The van der Waals surface area contributed by atoms with Gasteiger partial charge in [0.05, 0.1) is 54.7 Å². The second kappa shape index (κ2) is 22.5. The highest BCUT2D eigenvalue weighted by Gasteiger charge is 2.52. The van der Waals surface area contributed by atoms with Gasteiger partial charge >= 0.3 is 5.97 Å². The van der Waals surface area contributed by atoms with Gasteiger partial charge < -0.3 is 72.9 Å². The van der Waals surface area contributed by atoms with E-state index in [0.717, 1.165) is 12.7 Å². The van der Waals surface area contributed by atoms with Crippen LogP contribution >= 0.6 is 0 Å². The number of likely N-dealkylation sites (N-methyl/N-ethyl adjacent to an activating group) is 2. The van der Waals surface area contributed by atoms with Crippen molar-refractivity contribution in [3.63, 3.8) is 0 Å². The fourth-order valence-corrected chi connectivity index (χ4v) is 9.10. The Morgan fingerprint density at radius 3 is 2.17 bits per heavy atom. The van der Waals surface area contributed by atoms with Crippen molar-refractivity contribution in [2.75, 3.05) is 35.3 Å². The lowest BCUT2D eigenvalue weighted by Crippen LogP contribution is -2.65. The number of aldehydes is 1. The van der Waals surface area contributed by atoms with Crippen molar-refractivity contribution in [2.45, 2.75) is 190 Å². The predicted octanol–water partition coefficient (Wildman–Crippen LogP) is 2.33. The molecule has 4 rings (SSSR count). The van der Waals surface area contributed by atoms with Crippen LogP contribution in [0, 0.1) is 11.8 Å². The van der Waals surface area contributed by atoms with Gasteiger partial charge in [0.25, 0.3) is 0 Å². The maximum Gasteiger partial charge on any atom is 0.308 e. The normalized spacial score (nSPS) is 45.8. The summed E-state index contributed by atoms with van der Waals surface area (Å²) in [7, 11) is 9.03. The molecule has 59 heavy (non-hydrogen) atoms. The smallest absolute Gasteiger partial charge is 0.308 e. The summed E-state index contributed by atoms with van der Waals surface area (Å²) in [5.74, 6) is -1.47. The molecule has 0 aromatic rings. The molecule has 0 bridgehead atoms. The molecule has 16 nitrogen and oxygen atoms in total. The van der Waals surface area contributed by atoms with Crippen molar-refractivity contribution in [1.29, 1.82) is 0 Å². The largest absolute Gasteiger partial charge is 0.462 e. The van der Waals surface area contributed by atoms with E-state index >= 15 is 0 Å². The highest BCUT2D eigenvalue weighted by molar-refractivity contribution is 5.70. The van der Waals surface area contributed by atoms with Crippen molar-refractivity contribution in [3.05, 3.63) is 24.3 Å². The van der Waals surface area contributed by atoms with Crippen LogP contribution in [0.15, 0.2) is 24.3 Å². The lowest BCUT2D eigenvalue weighted by Gasteiger charge is -2.50. The van der Waals surface area contributed by atoms with Crippen LogP contribution in [0.4, 0.5) is 0 Å². The summed E-state index contributed by atoms with van der Waals surface area (Å²) in [6.45, 7) is 10.8. The highest BCUT2D eigenvalue weighted by Crippen LogP contribution is 2.37. The molecule has 19 atom stereocenters. The second-order valence-corrected chi connectivity index (χ2v) is 17.8. The first-order chi connectivity index (χ1) is 27.8. The number of ether oxygens (including phenoxy) is 8. The molecular formula is C43H74N2O14. The van der Waals surface area contributed by atoms with Crippen molar-refractivity contribution in [1.82, 2.24) is 9.80 Å². The second-order valence-electron chi connectivity index (χ2n) is 17.8. The van der Waals surface area contributed by atoms with E-state index < -0.39 is 110 Å². The van der Waals surface area contributed by atoms with Gasteiger partial charge in [-0.2, -0.15) is 0 Å². The fourth-order valence-electron chi connectivity index (χ4n) is 9.10. The number of hydrogen-bond donors (Lipinski definition) is 4. The third-order valence-electron chi connectivity index (χ3n) is 12.4. The molecule has 4 aliphatic rings. The summed E-state index contributed by atoms with van der Waals surface area (Å²) < 4.78 is 50.0. The summed E-state index contributed by atoms with van der Waals surface area (Å²) in [5, 5.41) is 45.1.